The first kappa shape index (κ1) is 21.6. The van der Waals surface area contributed by atoms with Crippen molar-refractivity contribution in [2.24, 2.45) is 0 Å². The number of aromatic nitrogens is 4. The Morgan fingerprint density at radius 2 is 1.76 bits per heavy atom. The van der Waals surface area contributed by atoms with Crippen LogP contribution in [0.4, 0.5) is 27.4 Å². The van der Waals surface area contributed by atoms with Gasteiger partial charge in [0.05, 0.1) is 16.5 Å². The van der Waals surface area contributed by atoms with E-state index in [4.69, 9.17) is 0 Å². The Bertz CT molecular complexity index is 1500. The number of nitrogens with zero attached hydrogens (tertiary/aromatic N) is 2. The number of hydrogen-bond donors (Lipinski definition) is 5. The molecule has 2 aromatic heterocycles. The van der Waals surface area contributed by atoms with Crippen LogP contribution in [0, 0.1) is 12.7 Å². The number of aromatic amines is 2. The number of anilines is 4. The minimum absolute atomic E-state index is 0.137. The Morgan fingerprint density at radius 1 is 1.00 bits per heavy atom. The van der Waals surface area contributed by atoms with Crippen molar-refractivity contribution in [2.75, 3.05) is 22.5 Å². The lowest BCUT2D eigenvalue weighted by molar-refractivity contribution is 0.596. The molecule has 0 fully saturated rings. The van der Waals surface area contributed by atoms with Gasteiger partial charge in [-0.05, 0) is 55.7 Å². The molecule has 0 amide bonds. The summed E-state index contributed by atoms with van der Waals surface area (Å²) in [6, 6.07) is 10.1. The summed E-state index contributed by atoms with van der Waals surface area (Å²) in [5.74, 6) is 1.16. The zero-order chi connectivity index (χ0) is 23.8. The molecule has 34 heavy (non-hydrogen) atoms. The van der Waals surface area contributed by atoms with E-state index >= 15 is 0 Å². The topological polar surface area (TPSA) is 128 Å². The molecular weight excluding hydrogens is 437 g/mol. The molecule has 9 nitrogen and oxygen atoms in total. The molecule has 1 aliphatic rings. The van der Waals surface area contributed by atoms with Crippen molar-refractivity contribution in [3.63, 3.8) is 0 Å². The van der Waals surface area contributed by atoms with Crippen LogP contribution < -0.4 is 27.1 Å². The summed E-state index contributed by atoms with van der Waals surface area (Å²) in [6.07, 6.45) is 2.25. The average molecular weight is 462 g/mol. The fourth-order valence-corrected chi connectivity index (χ4v) is 4.58. The SMILES string of the molecule is Cc1ccc(F)c2c1C(CCNc1cc(Nc3ccc4c(=O)[nH][nH]c(=O)c4c3)ncn1)C(C)N2. The Hall–Kier alpha value is -4.21. The third kappa shape index (κ3) is 3.98. The molecule has 0 saturated carbocycles. The van der Waals surface area contributed by atoms with Gasteiger partial charge in [-0.15, -0.1) is 0 Å². The summed E-state index contributed by atoms with van der Waals surface area (Å²) >= 11 is 0. The van der Waals surface area contributed by atoms with E-state index in [0.717, 1.165) is 17.5 Å². The summed E-state index contributed by atoms with van der Waals surface area (Å²) in [7, 11) is 0. The van der Waals surface area contributed by atoms with Crippen molar-refractivity contribution in [3.05, 3.63) is 80.4 Å². The highest BCUT2D eigenvalue weighted by atomic mass is 19.1. The van der Waals surface area contributed by atoms with Crippen LogP contribution in [0.25, 0.3) is 10.8 Å². The van der Waals surface area contributed by atoms with Gasteiger partial charge >= 0.3 is 0 Å². The molecule has 0 saturated heterocycles. The number of fused-ring (bicyclic) bond motifs is 2. The van der Waals surface area contributed by atoms with Crippen LogP contribution in [0.5, 0.6) is 0 Å². The van der Waals surface area contributed by atoms with Crippen LogP contribution in [0.15, 0.2) is 52.3 Å². The number of aryl methyl sites for hydroxylation is 1. The minimum Gasteiger partial charge on any atom is -0.379 e. The molecular formula is C24H24FN7O2. The first-order valence-electron chi connectivity index (χ1n) is 11.0. The van der Waals surface area contributed by atoms with Crippen molar-refractivity contribution < 1.29 is 4.39 Å². The number of hydrogen-bond acceptors (Lipinski definition) is 7. The summed E-state index contributed by atoms with van der Waals surface area (Å²) in [5, 5.41) is 15.0. The molecule has 0 radical (unpaired) electrons. The van der Waals surface area contributed by atoms with Gasteiger partial charge in [0.1, 0.15) is 23.8 Å². The molecule has 5 N–H and O–H groups in total. The second-order valence-corrected chi connectivity index (χ2v) is 8.49. The Balaban J connectivity index is 1.28. The highest BCUT2D eigenvalue weighted by molar-refractivity contribution is 5.84. The quantitative estimate of drug-likeness (QED) is 0.297. The second kappa shape index (κ2) is 8.62. The second-order valence-electron chi connectivity index (χ2n) is 8.49. The first-order chi connectivity index (χ1) is 16.4. The van der Waals surface area contributed by atoms with Crippen LogP contribution in [0.2, 0.25) is 0 Å². The molecule has 1 aliphatic heterocycles. The van der Waals surface area contributed by atoms with Crippen LogP contribution >= 0.6 is 0 Å². The molecule has 3 heterocycles. The number of H-pyrrole nitrogens is 2. The lowest BCUT2D eigenvalue weighted by Gasteiger charge is -2.18. The zero-order valence-electron chi connectivity index (χ0n) is 18.7. The van der Waals surface area contributed by atoms with E-state index in [1.54, 1.807) is 24.3 Å². The van der Waals surface area contributed by atoms with Crippen molar-refractivity contribution in [1.29, 1.82) is 0 Å². The fourth-order valence-electron chi connectivity index (χ4n) is 4.58. The van der Waals surface area contributed by atoms with Crippen LogP contribution in [0.1, 0.15) is 30.4 Å². The molecule has 2 aromatic carbocycles. The van der Waals surface area contributed by atoms with Crippen LogP contribution in [-0.2, 0) is 0 Å². The third-order valence-electron chi connectivity index (χ3n) is 6.26. The molecule has 4 aromatic rings. The minimum atomic E-state index is -0.379. The van der Waals surface area contributed by atoms with Gasteiger partial charge in [0, 0.05) is 30.3 Å². The van der Waals surface area contributed by atoms with Crippen LogP contribution in [-0.4, -0.2) is 32.8 Å². The number of nitrogens with one attached hydrogen (secondary N) is 5. The monoisotopic (exact) mass is 461 g/mol. The maximum Gasteiger partial charge on any atom is 0.270 e. The van der Waals surface area contributed by atoms with E-state index in [0.29, 0.717) is 34.9 Å². The van der Waals surface area contributed by atoms with Crippen molar-refractivity contribution in [1.82, 2.24) is 20.2 Å². The summed E-state index contributed by atoms with van der Waals surface area (Å²) < 4.78 is 14.2. The lowest BCUT2D eigenvalue weighted by Crippen LogP contribution is -2.19. The molecule has 174 valence electrons. The molecule has 2 atom stereocenters. The molecule has 2 unspecified atom stereocenters. The summed E-state index contributed by atoms with van der Waals surface area (Å²) in [4.78, 5) is 32.4. The van der Waals surface area contributed by atoms with E-state index in [2.05, 4.69) is 43.0 Å². The predicted molar refractivity (Wildman–Crippen MR) is 131 cm³/mol. The molecule has 0 spiro atoms. The van der Waals surface area contributed by atoms with E-state index in [1.807, 2.05) is 13.0 Å². The van der Waals surface area contributed by atoms with Crippen molar-refractivity contribution in [3.8, 4) is 0 Å². The number of halogens is 1. The smallest absolute Gasteiger partial charge is 0.270 e. The molecule has 0 bridgehead atoms. The van der Waals surface area contributed by atoms with Gasteiger partial charge in [-0.25, -0.2) is 14.4 Å². The number of rotatable bonds is 6. The largest absolute Gasteiger partial charge is 0.379 e. The molecule has 10 heteroatoms. The van der Waals surface area contributed by atoms with Gasteiger partial charge in [-0.2, -0.15) is 0 Å². The van der Waals surface area contributed by atoms with Gasteiger partial charge in [-0.1, -0.05) is 6.07 Å². The zero-order valence-corrected chi connectivity index (χ0v) is 18.7. The predicted octanol–water partition coefficient (Wildman–Crippen LogP) is 3.60. The Kier molecular flexibility index (Phi) is 5.48. The Morgan fingerprint density at radius 3 is 2.59 bits per heavy atom. The highest BCUT2D eigenvalue weighted by Crippen LogP contribution is 2.41. The Labute approximate surface area is 193 Å². The maximum atomic E-state index is 14.2. The number of benzene rings is 2. The summed E-state index contributed by atoms with van der Waals surface area (Å²) in [5.41, 5.74) is 2.63. The molecule has 0 aliphatic carbocycles. The maximum absolute atomic E-state index is 14.2. The van der Waals surface area contributed by atoms with Gasteiger partial charge in [0.2, 0.25) is 0 Å². The summed E-state index contributed by atoms with van der Waals surface area (Å²) in [6.45, 7) is 4.73. The van der Waals surface area contributed by atoms with Crippen molar-refractivity contribution in [2.45, 2.75) is 32.2 Å². The van der Waals surface area contributed by atoms with Crippen molar-refractivity contribution >= 4 is 33.8 Å². The molecule has 5 rings (SSSR count). The van der Waals surface area contributed by atoms with E-state index in [-0.39, 0.29) is 34.3 Å². The van der Waals surface area contributed by atoms with Gasteiger partial charge in [0.15, 0.2) is 0 Å². The van der Waals surface area contributed by atoms with Gasteiger partial charge in [-0.3, -0.25) is 19.8 Å². The lowest BCUT2D eigenvalue weighted by atomic mass is 9.89. The van der Waals surface area contributed by atoms with E-state index in [1.165, 1.54) is 12.4 Å². The third-order valence-corrected chi connectivity index (χ3v) is 6.26. The highest BCUT2D eigenvalue weighted by Gasteiger charge is 2.32. The van der Waals surface area contributed by atoms with Gasteiger partial charge in [0.25, 0.3) is 11.1 Å². The standard InChI is InChI=1S/C24H24FN7O2/c1-12-3-6-18(25)22-21(12)15(13(2)29-22)7-8-26-19-10-20(28-11-27-19)30-14-4-5-16-17(9-14)24(34)32-31-23(16)33/h3-6,9-11,13,15,29H,7-8H2,1-2H3,(H,31,33)(H,32,34)(H2,26,27,28,30). The fraction of sp³-hybridized carbons (Fsp3) is 0.250. The normalized spacial score (nSPS) is 16.8. The van der Waals surface area contributed by atoms with E-state index < -0.39 is 0 Å². The van der Waals surface area contributed by atoms with Crippen LogP contribution in [0.3, 0.4) is 0 Å². The van der Waals surface area contributed by atoms with E-state index in [9.17, 15) is 14.0 Å². The van der Waals surface area contributed by atoms with Gasteiger partial charge < -0.3 is 16.0 Å². The average Bonchev–Trinajstić information content (AvgIpc) is 3.16. The first-order valence-corrected chi connectivity index (χ1v) is 11.0.